The maximum atomic E-state index is 12.2. The van der Waals surface area contributed by atoms with E-state index in [2.05, 4.69) is 10.0 Å². The van der Waals surface area contributed by atoms with Gasteiger partial charge in [-0.3, -0.25) is 9.62 Å². The Bertz CT molecular complexity index is 820. The number of nitrogens with one attached hydrogen (secondary N) is 2. The molecule has 2 aromatic rings. The molecule has 3 rings (SSSR count). The van der Waals surface area contributed by atoms with Gasteiger partial charge in [-0.15, -0.1) is 0 Å². The van der Waals surface area contributed by atoms with Gasteiger partial charge in [0, 0.05) is 24.5 Å². The summed E-state index contributed by atoms with van der Waals surface area (Å²) >= 11 is 0. The molecule has 0 radical (unpaired) electrons. The van der Waals surface area contributed by atoms with E-state index in [4.69, 9.17) is 0 Å². The largest absolute Gasteiger partial charge is 0.338 e. The van der Waals surface area contributed by atoms with Gasteiger partial charge < -0.3 is 5.32 Å². The highest BCUT2D eigenvalue weighted by Gasteiger charge is 2.19. The van der Waals surface area contributed by atoms with E-state index in [1.54, 1.807) is 29.2 Å². The third kappa shape index (κ3) is 4.73. The Labute approximate surface area is 147 Å². The summed E-state index contributed by atoms with van der Waals surface area (Å²) in [6.45, 7) is 1.35. The van der Waals surface area contributed by atoms with Gasteiger partial charge in [0.25, 0.3) is 0 Å². The van der Waals surface area contributed by atoms with Crippen LogP contribution >= 0.6 is 0 Å². The Morgan fingerprint density at radius 1 is 1.04 bits per heavy atom. The first-order chi connectivity index (χ1) is 12.0. The second-order valence-electron chi connectivity index (χ2n) is 5.94. The number of benzene rings is 2. The molecule has 1 aliphatic heterocycles. The average molecular weight is 359 g/mol. The van der Waals surface area contributed by atoms with Crippen LogP contribution in [0.15, 0.2) is 54.6 Å². The highest BCUT2D eigenvalue weighted by molar-refractivity contribution is 7.92. The zero-order valence-electron chi connectivity index (χ0n) is 13.8. The zero-order chi connectivity index (χ0) is 17.7. The fraction of sp³-hybridized carbons (Fsp3) is 0.278. The topological polar surface area (TPSA) is 78.5 Å². The van der Waals surface area contributed by atoms with Crippen molar-refractivity contribution in [1.82, 2.24) is 5.32 Å². The number of aryl methyl sites for hydroxylation is 1. The lowest BCUT2D eigenvalue weighted by atomic mass is 10.2. The minimum absolute atomic E-state index is 0.0211. The Hall–Kier alpha value is -2.54. The number of hydrogen-bond acceptors (Lipinski definition) is 3. The van der Waals surface area contributed by atoms with Crippen LogP contribution in [0.5, 0.6) is 0 Å². The number of rotatable bonds is 6. The van der Waals surface area contributed by atoms with Crippen LogP contribution in [-0.2, 0) is 16.4 Å². The number of sulfonamides is 1. The van der Waals surface area contributed by atoms with E-state index in [9.17, 15) is 13.2 Å². The van der Waals surface area contributed by atoms with Crippen molar-refractivity contribution < 1.29 is 13.2 Å². The van der Waals surface area contributed by atoms with Gasteiger partial charge >= 0.3 is 6.03 Å². The van der Waals surface area contributed by atoms with Gasteiger partial charge in [-0.05, 0) is 42.7 Å². The summed E-state index contributed by atoms with van der Waals surface area (Å²) < 4.78 is 27.0. The van der Waals surface area contributed by atoms with Crippen molar-refractivity contribution in [3.63, 3.8) is 0 Å². The van der Waals surface area contributed by atoms with Crippen molar-refractivity contribution in [3.8, 4) is 0 Å². The van der Waals surface area contributed by atoms with E-state index in [-0.39, 0.29) is 11.8 Å². The molecule has 0 unspecified atom stereocenters. The van der Waals surface area contributed by atoms with Gasteiger partial charge in [0.15, 0.2) is 0 Å². The third-order valence-corrected chi connectivity index (χ3v) is 5.32. The number of carbonyl (C=O) groups excluding carboxylic acids is 1. The third-order valence-electron chi connectivity index (χ3n) is 4.03. The lowest BCUT2D eigenvalue weighted by molar-refractivity contribution is 0.243. The molecule has 2 aromatic carbocycles. The molecular weight excluding hydrogens is 338 g/mol. The van der Waals surface area contributed by atoms with Crippen molar-refractivity contribution in [2.75, 3.05) is 28.5 Å². The SMILES string of the molecule is O=C1NCCCN1c1ccc(NS(=O)(=O)CCc2ccccc2)cc1. The molecule has 6 nitrogen and oxygen atoms in total. The summed E-state index contributed by atoms with van der Waals surface area (Å²) in [7, 11) is -3.42. The van der Waals surface area contributed by atoms with E-state index >= 15 is 0 Å². The Balaban J connectivity index is 1.61. The van der Waals surface area contributed by atoms with E-state index in [1.807, 2.05) is 30.3 Å². The molecule has 0 atom stereocenters. The number of anilines is 2. The Kier molecular flexibility index (Phi) is 5.23. The van der Waals surface area contributed by atoms with Crippen LogP contribution in [-0.4, -0.2) is 33.3 Å². The highest BCUT2D eigenvalue weighted by atomic mass is 32.2. The standard InChI is InChI=1S/C18H21N3O3S/c22-18-19-12-4-13-21(18)17-9-7-16(8-10-17)20-25(23,24)14-11-15-5-2-1-3-6-15/h1-3,5-10,20H,4,11-14H2,(H,19,22). The summed E-state index contributed by atoms with van der Waals surface area (Å²) in [6, 6.07) is 16.2. The first-order valence-corrected chi connectivity index (χ1v) is 9.89. The Morgan fingerprint density at radius 3 is 2.44 bits per heavy atom. The van der Waals surface area contributed by atoms with Crippen LogP contribution in [0.25, 0.3) is 0 Å². The lowest BCUT2D eigenvalue weighted by Gasteiger charge is -2.27. The molecular formula is C18H21N3O3S. The first kappa shape index (κ1) is 17.3. The van der Waals surface area contributed by atoms with Crippen LogP contribution in [0, 0.1) is 0 Å². The van der Waals surface area contributed by atoms with Gasteiger partial charge in [-0.1, -0.05) is 30.3 Å². The van der Waals surface area contributed by atoms with E-state index in [0.29, 0.717) is 25.2 Å². The van der Waals surface area contributed by atoms with Crippen LogP contribution in [0.3, 0.4) is 0 Å². The molecule has 2 N–H and O–H groups in total. The number of urea groups is 1. The summed E-state index contributed by atoms with van der Waals surface area (Å²) in [4.78, 5) is 13.5. The molecule has 0 bridgehead atoms. The molecule has 0 spiro atoms. The molecule has 1 heterocycles. The number of carbonyl (C=O) groups is 1. The summed E-state index contributed by atoms with van der Waals surface area (Å²) in [6.07, 6.45) is 1.35. The second-order valence-corrected chi connectivity index (χ2v) is 7.78. The minimum atomic E-state index is -3.42. The van der Waals surface area contributed by atoms with Crippen LogP contribution in [0.2, 0.25) is 0 Å². The molecule has 1 aliphatic rings. The summed E-state index contributed by atoms with van der Waals surface area (Å²) in [5, 5.41) is 2.79. The Morgan fingerprint density at radius 2 is 1.76 bits per heavy atom. The fourth-order valence-corrected chi connectivity index (χ4v) is 3.81. The molecule has 1 saturated heterocycles. The maximum absolute atomic E-state index is 12.2. The normalized spacial score (nSPS) is 14.9. The van der Waals surface area contributed by atoms with Gasteiger partial charge in [-0.2, -0.15) is 0 Å². The predicted molar refractivity (Wildman–Crippen MR) is 99.4 cm³/mol. The fourth-order valence-electron chi connectivity index (χ4n) is 2.71. The lowest BCUT2D eigenvalue weighted by Crippen LogP contribution is -2.46. The zero-order valence-corrected chi connectivity index (χ0v) is 14.6. The maximum Gasteiger partial charge on any atom is 0.321 e. The molecule has 1 fully saturated rings. The van der Waals surface area contributed by atoms with Crippen molar-refractivity contribution >= 4 is 27.4 Å². The van der Waals surface area contributed by atoms with Crippen molar-refractivity contribution in [2.45, 2.75) is 12.8 Å². The van der Waals surface area contributed by atoms with E-state index in [1.165, 1.54) is 0 Å². The molecule has 25 heavy (non-hydrogen) atoms. The van der Waals surface area contributed by atoms with Crippen molar-refractivity contribution in [2.24, 2.45) is 0 Å². The van der Waals surface area contributed by atoms with Gasteiger partial charge in [0.1, 0.15) is 0 Å². The van der Waals surface area contributed by atoms with E-state index in [0.717, 1.165) is 17.7 Å². The number of hydrogen-bond donors (Lipinski definition) is 2. The van der Waals surface area contributed by atoms with Crippen LogP contribution < -0.4 is 14.9 Å². The second kappa shape index (κ2) is 7.57. The smallest absolute Gasteiger partial charge is 0.321 e. The predicted octanol–water partition coefficient (Wildman–Crippen LogP) is 2.59. The van der Waals surface area contributed by atoms with Gasteiger partial charge in [0.05, 0.1) is 5.75 Å². The number of nitrogens with zero attached hydrogens (tertiary/aromatic N) is 1. The average Bonchev–Trinajstić information content (AvgIpc) is 2.62. The molecule has 132 valence electrons. The molecule has 2 amide bonds. The van der Waals surface area contributed by atoms with Crippen LogP contribution in [0.1, 0.15) is 12.0 Å². The molecule has 0 saturated carbocycles. The van der Waals surface area contributed by atoms with Crippen molar-refractivity contribution in [3.05, 3.63) is 60.2 Å². The van der Waals surface area contributed by atoms with Crippen LogP contribution in [0.4, 0.5) is 16.2 Å². The summed E-state index contributed by atoms with van der Waals surface area (Å²) in [5.74, 6) is 0.0211. The molecule has 0 aliphatic carbocycles. The van der Waals surface area contributed by atoms with Gasteiger partial charge in [0.2, 0.25) is 10.0 Å². The first-order valence-electron chi connectivity index (χ1n) is 8.23. The number of amides is 2. The minimum Gasteiger partial charge on any atom is -0.338 e. The highest BCUT2D eigenvalue weighted by Crippen LogP contribution is 2.20. The summed E-state index contributed by atoms with van der Waals surface area (Å²) in [5.41, 5.74) is 2.23. The molecule has 7 heteroatoms. The monoisotopic (exact) mass is 359 g/mol. The quantitative estimate of drug-likeness (QED) is 0.832. The molecule has 0 aromatic heterocycles. The van der Waals surface area contributed by atoms with Crippen molar-refractivity contribution in [1.29, 1.82) is 0 Å². The van der Waals surface area contributed by atoms with E-state index < -0.39 is 10.0 Å². The van der Waals surface area contributed by atoms with Gasteiger partial charge in [-0.25, -0.2) is 13.2 Å².